The smallest absolute Gasteiger partial charge is 0.407 e. The Morgan fingerprint density at radius 3 is 1.86 bits per heavy atom. The fourth-order valence-corrected chi connectivity index (χ4v) is 6.56. The molecule has 0 bridgehead atoms. The van der Waals surface area contributed by atoms with Crippen molar-refractivity contribution < 1.29 is 43.0 Å². The molecule has 5 amide bonds. The summed E-state index contributed by atoms with van der Waals surface area (Å²) in [7, 11) is 0. The van der Waals surface area contributed by atoms with Crippen LogP contribution in [0.1, 0.15) is 83.4 Å². The van der Waals surface area contributed by atoms with E-state index in [-0.39, 0.29) is 56.5 Å². The van der Waals surface area contributed by atoms with Crippen molar-refractivity contribution in [1.29, 1.82) is 0 Å². The third-order valence-corrected chi connectivity index (χ3v) is 9.22. The lowest BCUT2D eigenvalue weighted by atomic mass is 9.98. The zero-order chi connectivity index (χ0) is 42.4. The van der Waals surface area contributed by atoms with Gasteiger partial charge in [0.15, 0.2) is 0 Å². The van der Waals surface area contributed by atoms with Crippen LogP contribution in [0.25, 0.3) is 11.1 Å². The number of fused-ring (bicyclic) bond motifs is 3. The van der Waals surface area contributed by atoms with Crippen molar-refractivity contribution in [3.8, 4) is 11.1 Å². The molecule has 0 aliphatic heterocycles. The summed E-state index contributed by atoms with van der Waals surface area (Å²) < 4.78 is 11.2. The molecule has 3 aromatic rings. The van der Waals surface area contributed by atoms with Gasteiger partial charge in [-0.15, -0.1) is 0 Å². The summed E-state index contributed by atoms with van der Waals surface area (Å²) in [4.78, 5) is 90.3. The summed E-state index contributed by atoms with van der Waals surface area (Å²) in [5.74, 6) is -3.59. The number of rotatable bonds is 19. The first-order valence-electron chi connectivity index (χ1n) is 19.5. The van der Waals surface area contributed by atoms with Crippen LogP contribution in [0.5, 0.6) is 0 Å². The molecule has 0 radical (unpaired) electrons. The molecule has 1 aliphatic carbocycles. The van der Waals surface area contributed by atoms with Crippen molar-refractivity contribution in [2.45, 2.75) is 96.9 Å². The molecular formula is C44H55N5O9. The molecule has 58 heavy (non-hydrogen) atoms. The predicted molar refractivity (Wildman–Crippen MR) is 217 cm³/mol. The maximum Gasteiger partial charge on any atom is 0.407 e. The molecule has 1 aliphatic rings. The number of hydrogen-bond acceptors (Lipinski definition) is 9. The standard InChI is InChI=1S/C44H55N5O9/c1-27(2)22-36(40(53)46-24-28(3)50)48-41(54)37(23-29-14-8-7-9-15-29)47-39(52)25-45-38(51)21-20-35(42(55)58-44(4,5)6)49-43(56)57-26-34-32-18-12-10-16-30(32)31-17-11-13-19-33(31)34/h7-19,27,34-37H,20-26H2,1-6H3,(H,45,51)(H,46,53)(H,47,52)(H,48,54)(H,49,56). The third kappa shape index (κ3) is 13.9. The maximum atomic E-state index is 13.6. The van der Waals surface area contributed by atoms with Crippen molar-refractivity contribution in [2.24, 2.45) is 5.92 Å². The number of carbonyl (C=O) groups excluding carboxylic acids is 7. The van der Waals surface area contributed by atoms with Gasteiger partial charge >= 0.3 is 12.1 Å². The van der Waals surface area contributed by atoms with Gasteiger partial charge in [0.2, 0.25) is 23.6 Å². The molecule has 3 atom stereocenters. The van der Waals surface area contributed by atoms with Crippen LogP contribution in [0, 0.1) is 5.92 Å². The summed E-state index contributed by atoms with van der Waals surface area (Å²) >= 11 is 0. The lowest BCUT2D eigenvalue weighted by Crippen LogP contribution is -2.56. The molecule has 0 heterocycles. The summed E-state index contributed by atoms with van der Waals surface area (Å²) in [5, 5.41) is 13.0. The van der Waals surface area contributed by atoms with Crippen LogP contribution in [0.2, 0.25) is 0 Å². The molecule has 310 valence electrons. The van der Waals surface area contributed by atoms with E-state index in [9.17, 15) is 33.6 Å². The largest absolute Gasteiger partial charge is 0.458 e. The fourth-order valence-electron chi connectivity index (χ4n) is 6.56. The molecule has 14 nitrogen and oxygen atoms in total. The highest BCUT2D eigenvalue weighted by Crippen LogP contribution is 2.44. The minimum atomic E-state index is -1.24. The van der Waals surface area contributed by atoms with Gasteiger partial charge in [0.05, 0.1) is 13.1 Å². The molecule has 14 heteroatoms. The van der Waals surface area contributed by atoms with Crippen molar-refractivity contribution in [3.63, 3.8) is 0 Å². The van der Waals surface area contributed by atoms with Gasteiger partial charge in [-0.2, -0.15) is 0 Å². The normalized spacial score (nSPS) is 13.5. The quantitative estimate of drug-likeness (QED) is 0.111. The summed E-state index contributed by atoms with van der Waals surface area (Å²) in [6.45, 7) is 9.49. The SMILES string of the molecule is CC(=O)CNC(=O)C(CC(C)C)NC(=O)C(Cc1ccccc1)NC(=O)CNC(=O)CCC(NC(=O)OCC1c2ccccc2-c2ccccc21)C(=O)OC(C)(C)C. The molecule has 5 N–H and O–H groups in total. The zero-order valence-corrected chi connectivity index (χ0v) is 34.0. The van der Waals surface area contributed by atoms with Gasteiger partial charge in [0.25, 0.3) is 0 Å². The van der Waals surface area contributed by atoms with Crippen LogP contribution in [-0.2, 0) is 44.7 Å². The second-order valence-corrected chi connectivity index (χ2v) is 15.8. The van der Waals surface area contributed by atoms with Crippen LogP contribution >= 0.6 is 0 Å². The molecule has 0 saturated carbocycles. The highest BCUT2D eigenvalue weighted by Gasteiger charge is 2.32. The lowest BCUT2D eigenvalue weighted by molar-refractivity contribution is -0.157. The van der Waals surface area contributed by atoms with Crippen LogP contribution in [0.15, 0.2) is 78.9 Å². The van der Waals surface area contributed by atoms with Crippen molar-refractivity contribution in [2.75, 3.05) is 19.7 Å². The number of carbonyl (C=O) groups is 7. The van der Waals surface area contributed by atoms with Crippen molar-refractivity contribution >= 4 is 41.5 Å². The van der Waals surface area contributed by atoms with Crippen LogP contribution < -0.4 is 26.6 Å². The van der Waals surface area contributed by atoms with Gasteiger partial charge in [-0.1, -0.05) is 92.7 Å². The average Bonchev–Trinajstić information content (AvgIpc) is 3.49. The lowest BCUT2D eigenvalue weighted by Gasteiger charge is -2.25. The van der Waals surface area contributed by atoms with Crippen molar-refractivity contribution in [3.05, 3.63) is 95.6 Å². The number of Topliss-reactive ketones (excluding diaryl/α,β-unsaturated/α-hetero) is 1. The van der Waals surface area contributed by atoms with E-state index in [1.165, 1.54) is 6.92 Å². The minimum Gasteiger partial charge on any atom is -0.458 e. The fraction of sp³-hybridized carbons (Fsp3) is 0.432. The van der Waals surface area contributed by atoms with E-state index in [0.29, 0.717) is 0 Å². The van der Waals surface area contributed by atoms with E-state index in [2.05, 4.69) is 26.6 Å². The summed E-state index contributed by atoms with van der Waals surface area (Å²) in [5.41, 5.74) is 4.04. The number of alkyl carbamates (subject to hydrolysis) is 1. The Labute approximate surface area is 339 Å². The van der Waals surface area contributed by atoms with E-state index in [1.807, 2.05) is 68.4 Å². The molecule has 4 rings (SSSR count). The van der Waals surface area contributed by atoms with Crippen LogP contribution in [-0.4, -0.2) is 84.9 Å². The molecule has 0 saturated heterocycles. The maximum absolute atomic E-state index is 13.6. The molecule has 3 aromatic carbocycles. The Bertz CT molecular complexity index is 1900. The van der Waals surface area contributed by atoms with Gasteiger partial charge in [0.1, 0.15) is 36.1 Å². The molecule has 3 unspecified atom stereocenters. The Morgan fingerprint density at radius 1 is 0.672 bits per heavy atom. The average molecular weight is 798 g/mol. The number of nitrogens with one attached hydrogen (secondary N) is 5. The number of esters is 1. The predicted octanol–water partition coefficient (Wildman–Crippen LogP) is 4.10. The number of amides is 5. The van der Waals surface area contributed by atoms with Gasteiger partial charge in [0, 0.05) is 18.8 Å². The molecular weight excluding hydrogens is 743 g/mol. The first-order valence-corrected chi connectivity index (χ1v) is 19.5. The van der Waals surface area contributed by atoms with E-state index in [0.717, 1.165) is 27.8 Å². The number of ether oxygens (including phenoxy) is 2. The van der Waals surface area contributed by atoms with E-state index < -0.39 is 66.0 Å². The summed E-state index contributed by atoms with van der Waals surface area (Å²) in [6, 6.07) is 21.4. The Hall–Kier alpha value is -6.05. The Morgan fingerprint density at radius 2 is 1.28 bits per heavy atom. The van der Waals surface area contributed by atoms with E-state index in [4.69, 9.17) is 9.47 Å². The Kier molecular flexibility index (Phi) is 16.1. The number of benzene rings is 3. The van der Waals surface area contributed by atoms with Crippen LogP contribution in [0.3, 0.4) is 0 Å². The highest BCUT2D eigenvalue weighted by atomic mass is 16.6. The second-order valence-electron chi connectivity index (χ2n) is 15.8. The topological polar surface area (TPSA) is 198 Å². The zero-order valence-electron chi connectivity index (χ0n) is 34.0. The molecule has 0 spiro atoms. The number of ketones is 1. The number of hydrogen-bond donors (Lipinski definition) is 5. The van der Waals surface area contributed by atoms with Gasteiger partial charge < -0.3 is 36.1 Å². The van der Waals surface area contributed by atoms with E-state index >= 15 is 0 Å². The summed E-state index contributed by atoms with van der Waals surface area (Å²) in [6.07, 6.45) is -0.894. The van der Waals surface area contributed by atoms with Gasteiger partial charge in [-0.3, -0.25) is 24.0 Å². The monoisotopic (exact) mass is 797 g/mol. The molecule has 0 fully saturated rings. The van der Waals surface area contributed by atoms with Crippen molar-refractivity contribution in [1.82, 2.24) is 26.6 Å². The minimum absolute atomic E-state index is 0.0191. The van der Waals surface area contributed by atoms with E-state index in [1.54, 1.807) is 45.0 Å². The van der Waals surface area contributed by atoms with Crippen LogP contribution in [0.4, 0.5) is 4.79 Å². The first-order chi connectivity index (χ1) is 27.5. The second kappa shape index (κ2) is 20.9. The molecule has 0 aromatic heterocycles. The highest BCUT2D eigenvalue weighted by molar-refractivity contribution is 5.94. The van der Waals surface area contributed by atoms with Gasteiger partial charge in [-0.25, -0.2) is 9.59 Å². The third-order valence-electron chi connectivity index (χ3n) is 9.22. The Balaban J connectivity index is 1.35. The van der Waals surface area contributed by atoms with Gasteiger partial charge in [-0.05, 0) is 74.3 Å². The first kappa shape index (κ1) is 44.7.